The summed E-state index contributed by atoms with van der Waals surface area (Å²) in [6.07, 6.45) is 2.92. The molecule has 0 spiro atoms. The van der Waals surface area contributed by atoms with Gasteiger partial charge in [-0.15, -0.1) is 0 Å². The minimum atomic E-state index is -0.375. The first-order chi connectivity index (χ1) is 8.58. The molecule has 2 rings (SSSR count). The van der Waals surface area contributed by atoms with E-state index in [-0.39, 0.29) is 11.8 Å². The fraction of sp³-hybridized carbons (Fsp3) is 0.250. The summed E-state index contributed by atoms with van der Waals surface area (Å²) in [5.74, 6) is 0.157. The number of nitrogens with one attached hydrogen (secondary N) is 1. The van der Waals surface area contributed by atoms with Crippen LogP contribution in [-0.4, -0.2) is 16.0 Å². The molecular formula is C12H12ClN3O2. The Balaban J connectivity index is 2.14. The molecule has 2 aromatic heterocycles. The van der Waals surface area contributed by atoms with Crippen LogP contribution in [0.3, 0.4) is 0 Å². The van der Waals surface area contributed by atoms with Gasteiger partial charge in [-0.1, -0.05) is 30.6 Å². The van der Waals surface area contributed by atoms with E-state index in [1.54, 1.807) is 12.1 Å². The van der Waals surface area contributed by atoms with Gasteiger partial charge in [-0.05, 0) is 12.0 Å². The van der Waals surface area contributed by atoms with Gasteiger partial charge in [0, 0.05) is 18.5 Å². The van der Waals surface area contributed by atoms with Crippen molar-refractivity contribution in [3.63, 3.8) is 0 Å². The van der Waals surface area contributed by atoms with Crippen LogP contribution in [0.4, 0.5) is 5.88 Å². The van der Waals surface area contributed by atoms with Crippen molar-refractivity contribution in [1.82, 2.24) is 10.1 Å². The molecule has 94 valence electrons. The predicted molar refractivity (Wildman–Crippen MR) is 67.8 cm³/mol. The van der Waals surface area contributed by atoms with Crippen LogP contribution in [0.1, 0.15) is 35.8 Å². The molecule has 0 atom stereocenters. The molecule has 1 amide bonds. The second-order valence-corrected chi connectivity index (χ2v) is 4.49. The van der Waals surface area contributed by atoms with E-state index in [2.05, 4.69) is 15.5 Å². The topological polar surface area (TPSA) is 68.0 Å². The summed E-state index contributed by atoms with van der Waals surface area (Å²) in [5, 5.41) is 6.77. The van der Waals surface area contributed by atoms with E-state index in [0.717, 1.165) is 5.69 Å². The third kappa shape index (κ3) is 2.68. The zero-order valence-corrected chi connectivity index (χ0v) is 10.7. The largest absolute Gasteiger partial charge is 0.338 e. The third-order valence-corrected chi connectivity index (χ3v) is 2.70. The summed E-state index contributed by atoms with van der Waals surface area (Å²) in [4.78, 5) is 15.7. The van der Waals surface area contributed by atoms with Crippen molar-refractivity contribution in [2.75, 3.05) is 5.32 Å². The number of anilines is 1. The quantitative estimate of drug-likeness (QED) is 0.926. The SMILES string of the molecule is CC(C)c1cc(NC(=O)c2cnccc2Cl)on1. The van der Waals surface area contributed by atoms with Crippen LogP contribution in [0.15, 0.2) is 29.0 Å². The van der Waals surface area contributed by atoms with Crippen LogP contribution in [0.5, 0.6) is 0 Å². The zero-order chi connectivity index (χ0) is 13.1. The monoisotopic (exact) mass is 265 g/mol. The summed E-state index contributed by atoms with van der Waals surface area (Å²) in [6, 6.07) is 3.24. The van der Waals surface area contributed by atoms with E-state index in [4.69, 9.17) is 16.1 Å². The minimum Gasteiger partial charge on any atom is -0.338 e. The van der Waals surface area contributed by atoms with Crippen molar-refractivity contribution in [1.29, 1.82) is 0 Å². The molecule has 0 radical (unpaired) electrons. The number of amides is 1. The van der Waals surface area contributed by atoms with Crippen molar-refractivity contribution in [2.24, 2.45) is 0 Å². The highest BCUT2D eigenvalue weighted by Crippen LogP contribution is 2.19. The zero-order valence-electron chi connectivity index (χ0n) is 9.98. The average molecular weight is 266 g/mol. The lowest BCUT2D eigenvalue weighted by Gasteiger charge is -2.02. The van der Waals surface area contributed by atoms with Crippen molar-refractivity contribution in [3.05, 3.63) is 40.8 Å². The fourth-order valence-electron chi connectivity index (χ4n) is 1.34. The number of aromatic nitrogens is 2. The molecular weight excluding hydrogens is 254 g/mol. The van der Waals surface area contributed by atoms with E-state index in [0.29, 0.717) is 16.5 Å². The first kappa shape index (κ1) is 12.6. The van der Waals surface area contributed by atoms with E-state index < -0.39 is 0 Å². The van der Waals surface area contributed by atoms with Crippen LogP contribution < -0.4 is 5.32 Å². The van der Waals surface area contributed by atoms with Gasteiger partial charge >= 0.3 is 0 Å². The number of nitrogens with zero attached hydrogens (tertiary/aromatic N) is 2. The molecule has 0 aliphatic carbocycles. The number of pyridine rings is 1. The summed E-state index contributed by atoms with van der Waals surface area (Å²) < 4.78 is 5.01. The Hall–Kier alpha value is -1.88. The molecule has 0 saturated heterocycles. The van der Waals surface area contributed by atoms with Crippen molar-refractivity contribution >= 4 is 23.4 Å². The Morgan fingerprint density at radius 1 is 1.50 bits per heavy atom. The first-order valence-corrected chi connectivity index (χ1v) is 5.83. The number of hydrogen-bond donors (Lipinski definition) is 1. The summed E-state index contributed by atoms with van der Waals surface area (Å²) in [5.41, 5.74) is 1.07. The van der Waals surface area contributed by atoms with E-state index in [1.165, 1.54) is 12.4 Å². The van der Waals surface area contributed by atoms with Gasteiger partial charge in [0.25, 0.3) is 5.91 Å². The van der Waals surface area contributed by atoms with Crippen LogP contribution in [0, 0.1) is 0 Å². The molecule has 0 unspecified atom stereocenters. The van der Waals surface area contributed by atoms with Gasteiger partial charge in [-0.3, -0.25) is 15.1 Å². The number of rotatable bonds is 3. The summed E-state index contributed by atoms with van der Waals surface area (Å²) in [7, 11) is 0. The molecule has 0 aromatic carbocycles. The van der Waals surface area contributed by atoms with E-state index >= 15 is 0 Å². The van der Waals surface area contributed by atoms with Gasteiger partial charge in [-0.25, -0.2) is 0 Å². The minimum absolute atomic E-state index is 0.237. The predicted octanol–water partition coefficient (Wildman–Crippen LogP) is 3.10. The lowest BCUT2D eigenvalue weighted by atomic mass is 10.1. The molecule has 2 heterocycles. The number of halogens is 1. The highest BCUT2D eigenvalue weighted by molar-refractivity contribution is 6.34. The van der Waals surface area contributed by atoms with Crippen LogP contribution in [-0.2, 0) is 0 Å². The van der Waals surface area contributed by atoms with Gasteiger partial charge in [0.15, 0.2) is 0 Å². The molecule has 0 fully saturated rings. The number of hydrogen-bond acceptors (Lipinski definition) is 4. The number of carbonyl (C=O) groups excluding carboxylic acids is 1. The van der Waals surface area contributed by atoms with Gasteiger partial charge < -0.3 is 4.52 Å². The Morgan fingerprint density at radius 3 is 2.89 bits per heavy atom. The molecule has 0 aliphatic rings. The maximum Gasteiger partial charge on any atom is 0.261 e. The Kier molecular flexibility index (Phi) is 3.62. The second kappa shape index (κ2) is 5.18. The number of carbonyl (C=O) groups is 1. The highest BCUT2D eigenvalue weighted by Gasteiger charge is 2.14. The van der Waals surface area contributed by atoms with E-state index in [1.807, 2.05) is 13.8 Å². The summed E-state index contributed by atoms with van der Waals surface area (Å²) >= 11 is 5.89. The molecule has 0 saturated carbocycles. The normalized spacial score (nSPS) is 10.7. The van der Waals surface area contributed by atoms with Gasteiger partial charge in [0.05, 0.1) is 16.3 Å². The maximum absolute atomic E-state index is 11.9. The Morgan fingerprint density at radius 2 is 2.28 bits per heavy atom. The fourth-order valence-corrected chi connectivity index (χ4v) is 1.53. The van der Waals surface area contributed by atoms with Crippen molar-refractivity contribution in [3.8, 4) is 0 Å². The maximum atomic E-state index is 11.9. The van der Waals surface area contributed by atoms with Crippen molar-refractivity contribution < 1.29 is 9.32 Å². The van der Waals surface area contributed by atoms with E-state index in [9.17, 15) is 4.79 Å². The Labute approximate surface area is 109 Å². The molecule has 5 nitrogen and oxygen atoms in total. The van der Waals surface area contributed by atoms with Crippen LogP contribution in [0.25, 0.3) is 0 Å². The molecule has 0 bridgehead atoms. The molecule has 6 heteroatoms. The first-order valence-electron chi connectivity index (χ1n) is 5.45. The Bertz CT molecular complexity index is 566. The van der Waals surface area contributed by atoms with Crippen LogP contribution >= 0.6 is 11.6 Å². The van der Waals surface area contributed by atoms with Crippen molar-refractivity contribution in [2.45, 2.75) is 19.8 Å². The molecule has 1 N–H and O–H groups in total. The highest BCUT2D eigenvalue weighted by atomic mass is 35.5. The van der Waals surface area contributed by atoms with Crippen LogP contribution in [0.2, 0.25) is 5.02 Å². The average Bonchev–Trinajstić information content (AvgIpc) is 2.78. The molecule has 0 aliphatic heterocycles. The van der Waals surface area contributed by atoms with Gasteiger partial charge in [0.1, 0.15) is 0 Å². The standard InChI is InChI=1S/C12H12ClN3O2/c1-7(2)10-5-11(18-16-10)15-12(17)8-6-14-4-3-9(8)13/h3-7H,1-2H3,(H,15,17). The van der Waals surface area contributed by atoms with Gasteiger partial charge in [0.2, 0.25) is 5.88 Å². The smallest absolute Gasteiger partial charge is 0.261 e. The lowest BCUT2D eigenvalue weighted by molar-refractivity contribution is 0.102. The van der Waals surface area contributed by atoms with Gasteiger partial charge in [-0.2, -0.15) is 0 Å². The third-order valence-electron chi connectivity index (χ3n) is 2.37. The second-order valence-electron chi connectivity index (χ2n) is 4.08. The summed E-state index contributed by atoms with van der Waals surface area (Å²) in [6.45, 7) is 3.98. The molecule has 18 heavy (non-hydrogen) atoms. The molecule has 2 aromatic rings. The lowest BCUT2D eigenvalue weighted by Crippen LogP contribution is -2.12.